The van der Waals surface area contributed by atoms with Crippen molar-refractivity contribution in [3.05, 3.63) is 57.8 Å². The number of halogens is 3. The smallest absolute Gasteiger partial charge is 0.368 e. The van der Waals surface area contributed by atoms with Crippen molar-refractivity contribution < 1.29 is 18.0 Å². The number of carbonyl (C=O) groups excluding carboxylic acids is 1. The second kappa shape index (κ2) is 7.53. The third-order valence-electron chi connectivity index (χ3n) is 4.28. The Kier molecular flexibility index (Phi) is 5.36. The average Bonchev–Trinajstić information content (AvgIpc) is 3.04. The summed E-state index contributed by atoms with van der Waals surface area (Å²) in [7, 11) is 0. The van der Waals surface area contributed by atoms with Gasteiger partial charge in [0.15, 0.2) is 0 Å². The molecule has 0 atom stereocenters. The molecule has 1 aliphatic rings. The second-order valence-electron chi connectivity index (χ2n) is 6.14. The number of alkyl halides is 3. The van der Waals surface area contributed by atoms with E-state index in [4.69, 9.17) is 0 Å². The first-order valence-corrected chi connectivity index (χ1v) is 9.10. The lowest BCUT2D eigenvalue weighted by molar-refractivity contribution is -0.137. The van der Waals surface area contributed by atoms with Crippen LogP contribution in [0, 0.1) is 6.92 Å². The van der Waals surface area contributed by atoms with Crippen LogP contribution in [0.3, 0.4) is 0 Å². The lowest BCUT2D eigenvalue weighted by Gasteiger charge is -2.35. The maximum atomic E-state index is 12.9. The normalized spacial score (nSPS) is 15.7. The summed E-state index contributed by atoms with van der Waals surface area (Å²) in [5, 5.41) is 0. The number of benzene rings is 1. The SMILES string of the molecule is Cc1ccc(/C=C/C(=O)N2CCN(c3cccc(C(F)(F)F)c3)CC2)s1. The number of aryl methyl sites for hydroxylation is 1. The average molecular weight is 380 g/mol. The molecule has 0 radical (unpaired) electrons. The minimum Gasteiger partial charge on any atom is -0.368 e. The summed E-state index contributed by atoms with van der Waals surface area (Å²) in [4.78, 5) is 18.1. The predicted molar refractivity (Wildman–Crippen MR) is 98.3 cm³/mol. The van der Waals surface area contributed by atoms with Crippen LogP contribution in [0.1, 0.15) is 15.3 Å². The van der Waals surface area contributed by atoms with Crippen LogP contribution in [0.25, 0.3) is 6.08 Å². The molecule has 1 aromatic carbocycles. The third-order valence-corrected chi connectivity index (χ3v) is 5.25. The molecule has 0 aliphatic carbocycles. The first-order valence-electron chi connectivity index (χ1n) is 8.28. The van der Waals surface area contributed by atoms with Crippen LogP contribution in [-0.2, 0) is 11.0 Å². The summed E-state index contributed by atoms with van der Waals surface area (Å²) in [6.07, 6.45) is -0.983. The van der Waals surface area contributed by atoms with E-state index >= 15 is 0 Å². The Labute approximate surface area is 154 Å². The van der Waals surface area contributed by atoms with Crippen LogP contribution in [0.15, 0.2) is 42.5 Å². The highest BCUT2D eigenvalue weighted by Crippen LogP contribution is 2.31. The van der Waals surface area contributed by atoms with Gasteiger partial charge in [0.2, 0.25) is 5.91 Å². The van der Waals surface area contributed by atoms with Gasteiger partial charge in [0, 0.05) is 47.7 Å². The van der Waals surface area contributed by atoms with Crippen LogP contribution in [-0.4, -0.2) is 37.0 Å². The van der Waals surface area contributed by atoms with Crippen molar-refractivity contribution in [3.8, 4) is 0 Å². The maximum Gasteiger partial charge on any atom is 0.416 e. The molecule has 0 unspecified atom stereocenters. The van der Waals surface area contributed by atoms with Crippen molar-refractivity contribution in [3.63, 3.8) is 0 Å². The fraction of sp³-hybridized carbons (Fsp3) is 0.316. The molecule has 1 aliphatic heterocycles. The zero-order valence-corrected chi connectivity index (χ0v) is 15.1. The zero-order valence-electron chi connectivity index (χ0n) is 14.3. The number of rotatable bonds is 3. The van der Waals surface area contributed by atoms with Gasteiger partial charge >= 0.3 is 6.18 Å². The van der Waals surface area contributed by atoms with Crippen LogP contribution in [0.5, 0.6) is 0 Å². The molecule has 0 N–H and O–H groups in total. The predicted octanol–water partition coefficient (Wildman–Crippen LogP) is 4.44. The molecule has 7 heteroatoms. The summed E-state index contributed by atoms with van der Waals surface area (Å²) in [5.74, 6) is -0.0697. The summed E-state index contributed by atoms with van der Waals surface area (Å²) in [6.45, 7) is 4.01. The van der Waals surface area contributed by atoms with Gasteiger partial charge in [-0.2, -0.15) is 13.2 Å². The van der Waals surface area contributed by atoms with Gasteiger partial charge in [-0.1, -0.05) is 6.07 Å². The number of amides is 1. The van der Waals surface area contributed by atoms with Gasteiger partial charge in [-0.25, -0.2) is 0 Å². The number of hydrogen-bond donors (Lipinski definition) is 0. The summed E-state index contributed by atoms with van der Waals surface area (Å²) in [6, 6.07) is 9.29. The highest BCUT2D eigenvalue weighted by Gasteiger charge is 2.31. The van der Waals surface area contributed by atoms with E-state index in [1.54, 1.807) is 34.5 Å². The maximum absolute atomic E-state index is 12.9. The van der Waals surface area contributed by atoms with Crippen LogP contribution < -0.4 is 4.90 Å². The number of anilines is 1. The van der Waals surface area contributed by atoms with E-state index in [1.807, 2.05) is 24.0 Å². The quantitative estimate of drug-likeness (QED) is 0.735. The molecule has 0 spiro atoms. The second-order valence-corrected chi connectivity index (χ2v) is 7.46. The Morgan fingerprint density at radius 1 is 1.12 bits per heavy atom. The van der Waals surface area contributed by atoms with Crippen molar-refractivity contribution in [2.24, 2.45) is 0 Å². The molecule has 3 nitrogen and oxygen atoms in total. The molecule has 0 bridgehead atoms. The van der Waals surface area contributed by atoms with Gasteiger partial charge in [0.25, 0.3) is 0 Å². The highest BCUT2D eigenvalue weighted by atomic mass is 32.1. The first-order chi connectivity index (χ1) is 12.3. The van der Waals surface area contributed by atoms with Gasteiger partial charge in [-0.15, -0.1) is 11.3 Å². The monoisotopic (exact) mass is 380 g/mol. The van der Waals surface area contributed by atoms with E-state index in [9.17, 15) is 18.0 Å². The molecule has 0 saturated carbocycles. The van der Waals surface area contributed by atoms with Crippen molar-refractivity contribution in [2.75, 3.05) is 31.1 Å². The van der Waals surface area contributed by atoms with E-state index in [2.05, 4.69) is 0 Å². The number of hydrogen-bond acceptors (Lipinski definition) is 3. The van der Waals surface area contributed by atoms with Gasteiger partial charge in [0.1, 0.15) is 0 Å². The Morgan fingerprint density at radius 2 is 1.85 bits per heavy atom. The number of piperazine rings is 1. The molecule has 1 saturated heterocycles. The molecule has 1 aromatic heterocycles. The van der Waals surface area contributed by atoms with Crippen LogP contribution >= 0.6 is 11.3 Å². The molecule has 26 heavy (non-hydrogen) atoms. The topological polar surface area (TPSA) is 23.6 Å². The Bertz CT molecular complexity index is 805. The minimum atomic E-state index is -4.35. The molecular formula is C19H19F3N2OS. The van der Waals surface area contributed by atoms with E-state index in [0.717, 1.165) is 17.0 Å². The molecule has 1 amide bonds. The summed E-state index contributed by atoms with van der Waals surface area (Å²) >= 11 is 1.62. The molecular weight excluding hydrogens is 361 g/mol. The van der Waals surface area contributed by atoms with Gasteiger partial charge in [-0.3, -0.25) is 4.79 Å². The number of carbonyl (C=O) groups is 1. The minimum absolute atomic E-state index is 0.0697. The van der Waals surface area contributed by atoms with E-state index in [1.165, 1.54) is 10.9 Å². The van der Waals surface area contributed by atoms with E-state index < -0.39 is 11.7 Å². The van der Waals surface area contributed by atoms with Gasteiger partial charge in [0.05, 0.1) is 5.56 Å². The standard InChI is InChI=1S/C19H19F3N2OS/c1-14-5-6-17(26-14)7-8-18(25)24-11-9-23(10-12-24)16-4-2-3-15(13-16)19(20,21)22/h2-8,13H,9-12H2,1H3/b8-7+. The van der Waals surface area contributed by atoms with Crippen molar-refractivity contribution in [2.45, 2.75) is 13.1 Å². The molecule has 138 valence electrons. The first kappa shape index (κ1) is 18.5. The summed E-state index contributed by atoms with van der Waals surface area (Å²) < 4.78 is 38.6. The van der Waals surface area contributed by atoms with Crippen LogP contribution in [0.2, 0.25) is 0 Å². The molecule has 1 fully saturated rings. The van der Waals surface area contributed by atoms with E-state index in [-0.39, 0.29) is 5.91 Å². The van der Waals surface area contributed by atoms with E-state index in [0.29, 0.717) is 31.9 Å². The third kappa shape index (κ3) is 4.46. The van der Waals surface area contributed by atoms with Gasteiger partial charge < -0.3 is 9.80 Å². The number of thiophene rings is 1. The summed E-state index contributed by atoms with van der Waals surface area (Å²) in [5.41, 5.74) is -0.112. The van der Waals surface area contributed by atoms with Gasteiger partial charge in [-0.05, 0) is 43.3 Å². The van der Waals surface area contributed by atoms with Crippen molar-refractivity contribution >= 4 is 29.0 Å². The Hall–Kier alpha value is -2.28. The lowest BCUT2D eigenvalue weighted by atomic mass is 10.1. The molecule has 2 aromatic rings. The molecule has 3 rings (SSSR count). The number of nitrogens with zero attached hydrogens (tertiary/aromatic N) is 2. The van der Waals surface area contributed by atoms with Crippen molar-refractivity contribution in [1.82, 2.24) is 4.90 Å². The largest absolute Gasteiger partial charge is 0.416 e. The zero-order chi connectivity index (χ0) is 18.7. The fourth-order valence-electron chi connectivity index (χ4n) is 2.87. The van der Waals surface area contributed by atoms with Crippen molar-refractivity contribution in [1.29, 1.82) is 0 Å². The Morgan fingerprint density at radius 3 is 2.46 bits per heavy atom. The molecule has 2 heterocycles. The highest BCUT2D eigenvalue weighted by molar-refractivity contribution is 7.12. The Balaban J connectivity index is 1.59. The van der Waals surface area contributed by atoms with Crippen LogP contribution in [0.4, 0.5) is 18.9 Å². The fourth-order valence-corrected chi connectivity index (χ4v) is 3.65. The lowest BCUT2D eigenvalue weighted by Crippen LogP contribution is -2.48.